The highest BCUT2D eigenvalue weighted by atomic mass is 32.1. The van der Waals surface area contributed by atoms with Crippen molar-refractivity contribution < 1.29 is 4.79 Å². The van der Waals surface area contributed by atoms with Crippen molar-refractivity contribution in [3.8, 4) is 0 Å². The number of likely N-dealkylation sites (tertiary alicyclic amines) is 1. The zero-order chi connectivity index (χ0) is 22.8. The van der Waals surface area contributed by atoms with Gasteiger partial charge in [-0.15, -0.1) is 11.3 Å². The van der Waals surface area contributed by atoms with E-state index >= 15 is 0 Å². The fourth-order valence-electron chi connectivity index (χ4n) is 5.19. The normalized spacial score (nSPS) is 19.4. The summed E-state index contributed by atoms with van der Waals surface area (Å²) in [5.41, 5.74) is 6.80. The number of hydrogen-bond donors (Lipinski definition) is 0. The summed E-state index contributed by atoms with van der Waals surface area (Å²) in [7, 11) is 4.03. The average Bonchev–Trinajstić information content (AvgIpc) is 3.29. The summed E-state index contributed by atoms with van der Waals surface area (Å²) in [5, 5.41) is 2.02. The van der Waals surface area contributed by atoms with Gasteiger partial charge in [-0.25, -0.2) is 4.98 Å². The third-order valence-electron chi connectivity index (χ3n) is 7.47. The van der Waals surface area contributed by atoms with E-state index in [1.54, 1.807) is 11.3 Å². The Morgan fingerprint density at radius 2 is 1.76 bits per heavy atom. The van der Waals surface area contributed by atoms with E-state index in [-0.39, 0.29) is 11.3 Å². The van der Waals surface area contributed by atoms with Crippen LogP contribution in [0.3, 0.4) is 0 Å². The minimum Gasteiger partial charge on any atom is -0.345 e. The molecule has 2 fully saturated rings. The van der Waals surface area contributed by atoms with Crippen molar-refractivity contribution >= 4 is 28.6 Å². The first kappa shape index (κ1) is 22.1. The van der Waals surface area contributed by atoms with Gasteiger partial charge in [0.25, 0.3) is 0 Å². The quantitative estimate of drug-likeness (QED) is 0.488. The maximum atomic E-state index is 13.0. The van der Waals surface area contributed by atoms with Gasteiger partial charge in [0.1, 0.15) is 0 Å². The lowest BCUT2D eigenvalue weighted by atomic mass is 9.90. The number of hydrogen-bond acceptors (Lipinski definition) is 5. The van der Waals surface area contributed by atoms with Crippen LogP contribution in [0.4, 0.5) is 11.4 Å². The van der Waals surface area contributed by atoms with Crippen LogP contribution in [0.15, 0.2) is 65.5 Å². The molecule has 2 aliphatic rings. The number of anilines is 2. The minimum atomic E-state index is 0.205. The molecular weight excluding hydrogens is 428 g/mol. The summed E-state index contributed by atoms with van der Waals surface area (Å²) in [6, 6.07) is 19.4. The predicted octanol–water partition coefficient (Wildman–Crippen LogP) is 5.17. The molecule has 0 bridgehead atoms. The SMILES string of the molecule is CN(Cc1cscn1)C(=O)[C@H]1CC12CCN(Cc1ccc(N(C)c3ccccc3)cc1)CC2. The molecule has 1 aliphatic heterocycles. The zero-order valence-corrected chi connectivity index (χ0v) is 20.3. The number of rotatable bonds is 7. The molecule has 3 aromatic rings. The molecule has 0 unspecified atom stereocenters. The molecule has 1 saturated heterocycles. The van der Waals surface area contributed by atoms with Gasteiger partial charge in [0.2, 0.25) is 5.91 Å². The van der Waals surface area contributed by atoms with Crippen molar-refractivity contribution in [2.24, 2.45) is 11.3 Å². The number of nitrogens with zero attached hydrogens (tertiary/aromatic N) is 4. The lowest BCUT2D eigenvalue weighted by Crippen LogP contribution is -2.37. The number of carbonyl (C=O) groups is 1. The van der Waals surface area contributed by atoms with Crippen LogP contribution in [0, 0.1) is 11.3 Å². The molecule has 2 aromatic carbocycles. The van der Waals surface area contributed by atoms with Crippen LogP contribution in [-0.2, 0) is 17.9 Å². The fraction of sp³-hybridized carbons (Fsp3) is 0.407. The maximum absolute atomic E-state index is 13.0. The van der Waals surface area contributed by atoms with Crippen molar-refractivity contribution in [3.63, 3.8) is 0 Å². The molecule has 6 heteroatoms. The largest absolute Gasteiger partial charge is 0.345 e. The molecule has 1 atom stereocenters. The Kier molecular flexibility index (Phi) is 6.21. The summed E-state index contributed by atoms with van der Waals surface area (Å²) >= 11 is 1.58. The number of carbonyl (C=O) groups excluding carboxylic acids is 1. The maximum Gasteiger partial charge on any atom is 0.226 e. The number of piperidine rings is 1. The van der Waals surface area contributed by atoms with Crippen LogP contribution in [0.25, 0.3) is 0 Å². The first-order valence-corrected chi connectivity index (χ1v) is 12.7. The van der Waals surface area contributed by atoms with E-state index < -0.39 is 0 Å². The number of amides is 1. The third kappa shape index (κ3) is 4.82. The van der Waals surface area contributed by atoms with E-state index in [1.807, 2.05) is 28.9 Å². The van der Waals surface area contributed by atoms with Gasteiger partial charge in [0.05, 0.1) is 17.7 Å². The summed E-state index contributed by atoms with van der Waals surface area (Å²) in [6.45, 7) is 3.75. The minimum absolute atomic E-state index is 0.205. The van der Waals surface area contributed by atoms with E-state index in [0.717, 1.165) is 44.6 Å². The van der Waals surface area contributed by atoms with Crippen molar-refractivity contribution in [1.82, 2.24) is 14.8 Å². The topological polar surface area (TPSA) is 39.7 Å². The Hall–Kier alpha value is -2.70. The summed E-state index contributed by atoms with van der Waals surface area (Å²) in [4.78, 5) is 23.9. The molecule has 1 aromatic heterocycles. The second-order valence-electron chi connectivity index (χ2n) is 9.63. The molecule has 1 saturated carbocycles. The Morgan fingerprint density at radius 1 is 1.06 bits per heavy atom. The van der Waals surface area contributed by atoms with E-state index in [4.69, 9.17) is 0 Å². The van der Waals surface area contributed by atoms with Crippen molar-refractivity contribution in [1.29, 1.82) is 0 Å². The van der Waals surface area contributed by atoms with Gasteiger partial charge in [-0.2, -0.15) is 0 Å². The van der Waals surface area contributed by atoms with Crippen LogP contribution >= 0.6 is 11.3 Å². The van der Waals surface area contributed by atoms with E-state index in [9.17, 15) is 4.79 Å². The summed E-state index contributed by atoms with van der Waals surface area (Å²) in [6.07, 6.45) is 3.31. The van der Waals surface area contributed by atoms with Crippen LogP contribution in [0.5, 0.6) is 0 Å². The number of thiazole rings is 1. The molecule has 0 N–H and O–H groups in total. The van der Waals surface area contributed by atoms with Crippen LogP contribution in [0.1, 0.15) is 30.5 Å². The van der Waals surface area contributed by atoms with E-state index in [2.05, 4.69) is 70.4 Å². The molecule has 172 valence electrons. The first-order chi connectivity index (χ1) is 16.0. The summed E-state index contributed by atoms with van der Waals surface area (Å²) < 4.78 is 0. The van der Waals surface area contributed by atoms with Crippen LogP contribution in [0.2, 0.25) is 0 Å². The van der Waals surface area contributed by atoms with Crippen LogP contribution < -0.4 is 4.90 Å². The Balaban J connectivity index is 1.11. The average molecular weight is 461 g/mol. The highest BCUT2D eigenvalue weighted by molar-refractivity contribution is 7.07. The molecule has 1 spiro atoms. The van der Waals surface area contributed by atoms with E-state index in [0.29, 0.717) is 12.5 Å². The van der Waals surface area contributed by atoms with Gasteiger partial charge in [0, 0.05) is 43.3 Å². The molecule has 5 nitrogen and oxygen atoms in total. The van der Waals surface area contributed by atoms with Crippen LogP contribution in [-0.4, -0.2) is 47.9 Å². The first-order valence-electron chi connectivity index (χ1n) is 11.8. The van der Waals surface area contributed by atoms with Crippen molar-refractivity contribution in [2.75, 3.05) is 32.1 Å². The Labute approximate surface area is 200 Å². The smallest absolute Gasteiger partial charge is 0.226 e. The van der Waals surface area contributed by atoms with Gasteiger partial charge >= 0.3 is 0 Å². The van der Waals surface area contributed by atoms with Gasteiger partial charge in [-0.1, -0.05) is 30.3 Å². The highest BCUT2D eigenvalue weighted by Crippen LogP contribution is 2.60. The zero-order valence-electron chi connectivity index (χ0n) is 19.5. The number of para-hydroxylation sites is 1. The number of benzene rings is 2. The highest BCUT2D eigenvalue weighted by Gasteiger charge is 2.58. The third-order valence-corrected chi connectivity index (χ3v) is 8.11. The van der Waals surface area contributed by atoms with Gasteiger partial charge in [-0.3, -0.25) is 9.69 Å². The van der Waals surface area contributed by atoms with Crippen molar-refractivity contribution in [3.05, 3.63) is 76.7 Å². The molecule has 1 amide bonds. The standard InChI is InChI=1S/C27H32N4OS/c1-29(18-22-19-33-20-28-22)26(32)25-16-27(25)12-14-31(15-13-27)17-21-8-10-24(11-9-21)30(2)23-6-4-3-5-7-23/h3-11,19-20,25H,12-18H2,1-2H3/t25-/m1/s1. The molecule has 33 heavy (non-hydrogen) atoms. The molecule has 1 aliphatic carbocycles. The fourth-order valence-corrected chi connectivity index (χ4v) is 5.74. The predicted molar refractivity (Wildman–Crippen MR) is 135 cm³/mol. The second kappa shape index (κ2) is 9.27. The Morgan fingerprint density at radius 3 is 2.42 bits per heavy atom. The molecule has 0 radical (unpaired) electrons. The lowest BCUT2D eigenvalue weighted by Gasteiger charge is -2.33. The summed E-state index contributed by atoms with van der Waals surface area (Å²) in [5.74, 6) is 0.505. The van der Waals surface area contributed by atoms with E-state index in [1.165, 1.54) is 16.9 Å². The second-order valence-corrected chi connectivity index (χ2v) is 10.3. The van der Waals surface area contributed by atoms with Gasteiger partial charge in [-0.05, 0) is 67.6 Å². The molecular formula is C27H32N4OS. The Bertz CT molecular complexity index is 1060. The molecule has 5 rings (SSSR count). The monoisotopic (exact) mass is 460 g/mol. The van der Waals surface area contributed by atoms with Gasteiger partial charge in [0.15, 0.2) is 0 Å². The molecule has 2 heterocycles. The number of aromatic nitrogens is 1. The van der Waals surface area contributed by atoms with Gasteiger partial charge < -0.3 is 9.80 Å². The lowest BCUT2D eigenvalue weighted by molar-refractivity contribution is -0.133. The van der Waals surface area contributed by atoms with Crippen molar-refractivity contribution in [2.45, 2.75) is 32.4 Å².